The monoisotopic (exact) mass is 225 g/mol. The van der Waals surface area contributed by atoms with Gasteiger partial charge in [0.1, 0.15) is 0 Å². The Morgan fingerprint density at radius 1 is 1.60 bits per heavy atom. The highest BCUT2D eigenvalue weighted by atomic mass is 35.5. The minimum atomic E-state index is 0.717. The predicted octanol–water partition coefficient (Wildman–Crippen LogP) is 1.98. The van der Waals surface area contributed by atoms with Crippen molar-refractivity contribution in [2.24, 2.45) is 0 Å². The molecule has 1 rings (SSSR count). The summed E-state index contributed by atoms with van der Waals surface area (Å²) in [7, 11) is 0. The van der Waals surface area contributed by atoms with Crippen LogP contribution >= 0.6 is 11.6 Å². The molecule has 4 heteroatoms. The maximum absolute atomic E-state index is 6.14. The Kier molecular flexibility index (Phi) is 4.67. The van der Waals surface area contributed by atoms with Crippen LogP contribution in [0.3, 0.4) is 0 Å². The number of aryl methyl sites for hydroxylation is 2. The standard InChI is InChI=1S/C11H16ClN3/c1-4-6-7-13-8-10-11(12)9(3)14-15(10)5-2/h1,13H,5-8H2,2-3H3. The molecule has 0 fully saturated rings. The predicted molar refractivity (Wildman–Crippen MR) is 62.8 cm³/mol. The number of nitrogens with one attached hydrogen (secondary N) is 1. The summed E-state index contributed by atoms with van der Waals surface area (Å²) in [6.45, 7) is 6.32. The lowest BCUT2D eigenvalue weighted by molar-refractivity contribution is 0.583. The molecule has 0 unspecified atom stereocenters. The third-order valence-corrected chi connectivity index (χ3v) is 2.68. The fourth-order valence-electron chi connectivity index (χ4n) is 1.41. The molecule has 0 aliphatic rings. The Hall–Kier alpha value is -0.980. The number of hydrogen-bond donors (Lipinski definition) is 1. The van der Waals surface area contributed by atoms with Crippen molar-refractivity contribution in [1.82, 2.24) is 15.1 Å². The van der Waals surface area contributed by atoms with Gasteiger partial charge < -0.3 is 5.32 Å². The van der Waals surface area contributed by atoms with Crippen molar-refractivity contribution in [1.29, 1.82) is 0 Å². The molecule has 1 N–H and O–H groups in total. The normalized spacial score (nSPS) is 10.3. The molecule has 0 bridgehead atoms. The van der Waals surface area contributed by atoms with Crippen molar-refractivity contribution in [2.75, 3.05) is 6.54 Å². The van der Waals surface area contributed by atoms with Crippen LogP contribution in [0.25, 0.3) is 0 Å². The van der Waals surface area contributed by atoms with Crippen LogP contribution in [0.15, 0.2) is 0 Å². The lowest BCUT2D eigenvalue weighted by atomic mass is 10.3. The zero-order chi connectivity index (χ0) is 11.3. The van der Waals surface area contributed by atoms with Gasteiger partial charge in [0, 0.05) is 26.1 Å². The maximum Gasteiger partial charge on any atom is 0.0860 e. The van der Waals surface area contributed by atoms with E-state index in [0.717, 1.165) is 42.5 Å². The Labute approximate surface area is 95.8 Å². The van der Waals surface area contributed by atoms with E-state index in [1.165, 1.54) is 0 Å². The fourth-order valence-corrected chi connectivity index (χ4v) is 1.61. The first-order valence-corrected chi connectivity index (χ1v) is 5.44. The van der Waals surface area contributed by atoms with Gasteiger partial charge in [0.2, 0.25) is 0 Å². The van der Waals surface area contributed by atoms with Crippen LogP contribution in [-0.4, -0.2) is 16.3 Å². The third kappa shape index (κ3) is 2.98. The molecule has 0 saturated heterocycles. The van der Waals surface area contributed by atoms with Crippen LogP contribution in [0.5, 0.6) is 0 Å². The van der Waals surface area contributed by atoms with Gasteiger partial charge in [-0.05, 0) is 13.8 Å². The summed E-state index contributed by atoms with van der Waals surface area (Å²) in [4.78, 5) is 0. The van der Waals surface area contributed by atoms with Gasteiger partial charge in [0.25, 0.3) is 0 Å². The van der Waals surface area contributed by atoms with E-state index in [1.807, 2.05) is 18.5 Å². The fraction of sp³-hybridized carbons (Fsp3) is 0.545. The van der Waals surface area contributed by atoms with E-state index < -0.39 is 0 Å². The molecule has 1 aromatic heterocycles. The molecule has 0 aliphatic carbocycles. The number of hydrogen-bond acceptors (Lipinski definition) is 2. The Morgan fingerprint density at radius 2 is 2.33 bits per heavy atom. The number of nitrogens with zero attached hydrogens (tertiary/aromatic N) is 2. The summed E-state index contributed by atoms with van der Waals surface area (Å²) in [5.41, 5.74) is 1.92. The van der Waals surface area contributed by atoms with E-state index in [1.54, 1.807) is 0 Å². The van der Waals surface area contributed by atoms with Crippen molar-refractivity contribution < 1.29 is 0 Å². The Bertz CT molecular complexity index is 363. The summed E-state index contributed by atoms with van der Waals surface area (Å²) in [5.74, 6) is 2.58. The average molecular weight is 226 g/mol. The molecule has 0 amide bonds. The molecule has 0 spiro atoms. The zero-order valence-corrected chi connectivity index (χ0v) is 9.93. The second kappa shape index (κ2) is 5.79. The van der Waals surface area contributed by atoms with E-state index in [2.05, 4.69) is 16.3 Å². The number of halogens is 1. The lowest BCUT2D eigenvalue weighted by Gasteiger charge is -2.05. The molecule has 0 saturated carbocycles. The van der Waals surface area contributed by atoms with Gasteiger partial charge in [-0.15, -0.1) is 12.3 Å². The van der Waals surface area contributed by atoms with Crippen LogP contribution in [-0.2, 0) is 13.1 Å². The van der Waals surface area contributed by atoms with Crippen LogP contribution in [0, 0.1) is 19.3 Å². The number of aromatic nitrogens is 2. The minimum absolute atomic E-state index is 0.717. The van der Waals surface area contributed by atoms with Gasteiger partial charge in [0.05, 0.1) is 16.4 Å². The molecular formula is C11H16ClN3. The largest absolute Gasteiger partial charge is 0.310 e. The molecule has 0 aliphatic heterocycles. The van der Waals surface area contributed by atoms with Crippen molar-refractivity contribution >= 4 is 11.6 Å². The van der Waals surface area contributed by atoms with E-state index >= 15 is 0 Å². The summed E-state index contributed by atoms with van der Waals surface area (Å²) < 4.78 is 1.92. The average Bonchev–Trinajstić information content (AvgIpc) is 2.51. The zero-order valence-electron chi connectivity index (χ0n) is 9.18. The van der Waals surface area contributed by atoms with E-state index in [9.17, 15) is 0 Å². The van der Waals surface area contributed by atoms with E-state index in [4.69, 9.17) is 18.0 Å². The number of terminal acetylenes is 1. The maximum atomic E-state index is 6.14. The smallest absolute Gasteiger partial charge is 0.0860 e. The van der Waals surface area contributed by atoms with Crippen LogP contribution in [0.1, 0.15) is 24.7 Å². The second-order valence-corrected chi connectivity index (χ2v) is 3.67. The minimum Gasteiger partial charge on any atom is -0.310 e. The molecule has 3 nitrogen and oxygen atoms in total. The number of rotatable bonds is 5. The molecule has 15 heavy (non-hydrogen) atoms. The quantitative estimate of drug-likeness (QED) is 0.614. The Morgan fingerprint density at radius 3 is 2.93 bits per heavy atom. The molecule has 82 valence electrons. The second-order valence-electron chi connectivity index (χ2n) is 3.29. The van der Waals surface area contributed by atoms with Crippen LogP contribution < -0.4 is 5.32 Å². The Balaban J connectivity index is 2.63. The summed E-state index contributed by atoms with van der Waals surface area (Å²) in [6.07, 6.45) is 5.90. The highest BCUT2D eigenvalue weighted by Crippen LogP contribution is 2.19. The van der Waals surface area contributed by atoms with Gasteiger partial charge >= 0.3 is 0 Å². The highest BCUT2D eigenvalue weighted by molar-refractivity contribution is 6.31. The van der Waals surface area contributed by atoms with Crippen molar-refractivity contribution in [3.05, 3.63) is 16.4 Å². The molecule has 0 atom stereocenters. The molecule has 0 radical (unpaired) electrons. The topological polar surface area (TPSA) is 29.9 Å². The first kappa shape index (κ1) is 12.1. The first-order valence-electron chi connectivity index (χ1n) is 5.06. The van der Waals surface area contributed by atoms with E-state index in [-0.39, 0.29) is 0 Å². The highest BCUT2D eigenvalue weighted by Gasteiger charge is 2.11. The SMILES string of the molecule is C#CCCNCc1c(Cl)c(C)nn1CC. The summed E-state index contributed by atoms with van der Waals surface area (Å²) in [5, 5.41) is 8.33. The third-order valence-electron chi connectivity index (χ3n) is 2.19. The van der Waals surface area contributed by atoms with Gasteiger partial charge in [-0.1, -0.05) is 11.6 Å². The lowest BCUT2D eigenvalue weighted by Crippen LogP contribution is -2.17. The molecule has 0 aromatic carbocycles. The van der Waals surface area contributed by atoms with E-state index in [0.29, 0.717) is 0 Å². The van der Waals surface area contributed by atoms with Crippen LogP contribution in [0.4, 0.5) is 0 Å². The van der Waals surface area contributed by atoms with Gasteiger partial charge in [0.15, 0.2) is 0 Å². The van der Waals surface area contributed by atoms with Crippen LogP contribution in [0.2, 0.25) is 5.02 Å². The summed E-state index contributed by atoms with van der Waals surface area (Å²) >= 11 is 6.14. The van der Waals surface area contributed by atoms with Gasteiger partial charge in [-0.2, -0.15) is 5.10 Å². The molecule has 1 aromatic rings. The van der Waals surface area contributed by atoms with Gasteiger partial charge in [-0.25, -0.2) is 0 Å². The van der Waals surface area contributed by atoms with Crippen molar-refractivity contribution in [3.8, 4) is 12.3 Å². The van der Waals surface area contributed by atoms with Gasteiger partial charge in [-0.3, -0.25) is 4.68 Å². The molecule has 1 heterocycles. The summed E-state index contributed by atoms with van der Waals surface area (Å²) in [6, 6.07) is 0. The van der Waals surface area contributed by atoms with Crippen molar-refractivity contribution in [2.45, 2.75) is 33.4 Å². The molecular weight excluding hydrogens is 210 g/mol. The first-order chi connectivity index (χ1) is 7.20. The van der Waals surface area contributed by atoms with Crippen molar-refractivity contribution in [3.63, 3.8) is 0 Å².